The predicted octanol–water partition coefficient (Wildman–Crippen LogP) is 3.86. The van der Waals surface area contributed by atoms with Gasteiger partial charge in [-0.25, -0.2) is 4.98 Å². The summed E-state index contributed by atoms with van der Waals surface area (Å²) in [5, 5.41) is 9.07. The van der Waals surface area contributed by atoms with Crippen LogP contribution in [0.3, 0.4) is 0 Å². The van der Waals surface area contributed by atoms with Crippen molar-refractivity contribution >= 4 is 29.3 Å². The molecule has 0 fully saturated rings. The Kier molecular flexibility index (Phi) is 14.0. The third-order valence-electron chi connectivity index (χ3n) is 5.69. The summed E-state index contributed by atoms with van der Waals surface area (Å²) in [4.78, 5) is 36.8. The summed E-state index contributed by atoms with van der Waals surface area (Å²) in [6, 6.07) is 5.54. The predicted molar refractivity (Wildman–Crippen MR) is 156 cm³/mol. The topological polar surface area (TPSA) is 112 Å². The number of nitrogens with zero attached hydrogens (tertiary/aromatic N) is 4. The Balaban J connectivity index is 1.91. The highest BCUT2D eigenvalue weighted by Gasteiger charge is 2.20. The van der Waals surface area contributed by atoms with Crippen molar-refractivity contribution < 1.29 is 23.1 Å². The zero-order valence-electron chi connectivity index (χ0n) is 24.2. The van der Waals surface area contributed by atoms with Crippen LogP contribution >= 0.6 is 0 Å². The Morgan fingerprint density at radius 1 is 1.20 bits per heavy atom. The number of halogens is 2. The number of carbonyl (C=O) groups is 2. The van der Waals surface area contributed by atoms with Crippen molar-refractivity contribution in [1.82, 2.24) is 25.1 Å². The normalized spacial score (nSPS) is 11.6. The molecule has 2 rings (SSSR count). The standard InChI is InChI=1S/C29H39F2N7O3/c1-6-16-32-26-22(20-34-29(36-26)35-23-13-10-14-24(19-23)41-28(30)31)12-8-7-9-17-33-27(40)21(2)38(5)25(39)15-11-18-37(3)4/h10-11,13-15,19-21,28H,6-7,9,16-18H2,1-5H3,(H,33,40)(H2,32,34,35,36)/b15-11+/t21-/m0/s1. The molecule has 12 heteroatoms. The molecule has 1 atom stereocenters. The molecule has 1 heterocycles. The first kappa shape index (κ1) is 33.0. The summed E-state index contributed by atoms with van der Waals surface area (Å²) in [7, 11) is 5.42. The minimum absolute atomic E-state index is 0.0238. The number of alkyl halides is 2. The van der Waals surface area contributed by atoms with Gasteiger partial charge in [0.1, 0.15) is 17.6 Å². The molecule has 222 valence electrons. The van der Waals surface area contributed by atoms with E-state index in [1.165, 1.54) is 23.1 Å². The van der Waals surface area contributed by atoms with E-state index in [1.807, 2.05) is 25.9 Å². The van der Waals surface area contributed by atoms with E-state index in [9.17, 15) is 18.4 Å². The molecule has 0 radical (unpaired) electrons. The molecule has 10 nitrogen and oxygen atoms in total. The molecule has 0 spiro atoms. The molecule has 0 saturated carbocycles. The van der Waals surface area contributed by atoms with E-state index in [1.54, 1.807) is 38.4 Å². The number of anilines is 3. The number of unbranched alkanes of at least 4 members (excludes halogenated alkanes) is 1. The van der Waals surface area contributed by atoms with Gasteiger partial charge < -0.3 is 30.5 Å². The Hall–Kier alpha value is -4.24. The van der Waals surface area contributed by atoms with Crippen LogP contribution in [0, 0.1) is 11.8 Å². The van der Waals surface area contributed by atoms with Crippen molar-refractivity contribution in [3.63, 3.8) is 0 Å². The Morgan fingerprint density at radius 2 is 1.98 bits per heavy atom. The number of benzene rings is 1. The van der Waals surface area contributed by atoms with E-state index < -0.39 is 12.7 Å². The van der Waals surface area contributed by atoms with Crippen molar-refractivity contribution in [3.05, 3.63) is 48.2 Å². The van der Waals surface area contributed by atoms with E-state index in [2.05, 4.69) is 42.5 Å². The van der Waals surface area contributed by atoms with E-state index in [0.717, 1.165) is 6.42 Å². The van der Waals surface area contributed by atoms with Gasteiger partial charge in [0.05, 0.1) is 11.8 Å². The second-order valence-corrected chi connectivity index (χ2v) is 9.40. The number of likely N-dealkylation sites (N-methyl/N-ethyl adjacent to an activating group) is 2. The van der Waals surface area contributed by atoms with E-state index >= 15 is 0 Å². The van der Waals surface area contributed by atoms with Crippen LogP contribution in [0.1, 0.15) is 38.7 Å². The van der Waals surface area contributed by atoms with Crippen LogP contribution in [0.2, 0.25) is 0 Å². The van der Waals surface area contributed by atoms with Crippen molar-refractivity contribution in [2.24, 2.45) is 0 Å². The average molecular weight is 572 g/mol. The number of hydrogen-bond donors (Lipinski definition) is 3. The zero-order valence-corrected chi connectivity index (χ0v) is 24.2. The Labute approximate surface area is 240 Å². The maximum Gasteiger partial charge on any atom is 0.387 e. The summed E-state index contributed by atoms with van der Waals surface area (Å²) in [5.74, 6) is 6.54. The molecule has 0 unspecified atom stereocenters. The lowest BCUT2D eigenvalue weighted by molar-refractivity contribution is -0.135. The molecule has 2 amide bonds. The summed E-state index contributed by atoms with van der Waals surface area (Å²) >= 11 is 0. The van der Waals surface area contributed by atoms with Gasteiger partial charge in [0.2, 0.25) is 17.8 Å². The van der Waals surface area contributed by atoms with Gasteiger partial charge >= 0.3 is 6.61 Å². The van der Waals surface area contributed by atoms with Gasteiger partial charge in [-0.1, -0.05) is 30.9 Å². The molecule has 0 saturated heterocycles. The minimum atomic E-state index is -2.91. The Bertz CT molecular complexity index is 1230. The lowest BCUT2D eigenvalue weighted by atomic mass is 10.2. The number of carbonyl (C=O) groups excluding carboxylic acids is 2. The second kappa shape index (κ2) is 17.5. The summed E-state index contributed by atoms with van der Waals surface area (Å²) in [5.41, 5.74) is 1.11. The largest absolute Gasteiger partial charge is 0.435 e. The number of aromatic nitrogens is 2. The first-order valence-corrected chi connectivity index (χ1v) is 13.4. The van der Waals surface area contributed by atoms with Crippen LogP contribution in [-0.2, 0) is 9.59 Å². The quantitative estimate of drug-likeness (QED) is 0.168. The smallest absolute Gasteiger partial charge is 0.387 e. The van der Waals surface area contributed by atoms with Gasteiger partial charge in [-0.2, -0.15) is 13.8 Å². The summed E-state index contributed by atoms with van der Waals surface area (Å²) in [6.07, 6.45) is 6.84. The molecule has 0 aliphatic heterocycles. The molecule has 3 N–H and O–H groups in total. The Morgan fingerprint density at radius 3 is 2.68 bits per heavy atom. The third-order valence-corrected chi connectivity index (χ3v) is 5.69. The molecule has 0 aliphatic carbocycles. The molecule has 0 bridgehead atoms. The van der Waals surface area contributed by atoms with Gasteiger partial charge in [-0.05, 0) is 46.0 Å². The maximum atomic E-state index is 12.5. The minimum Gasteiger partial charge on any atom is -0.435 e. The van der Waals surface area contributed by atoms with Gasteiger partial charge in [0, 0.05) is 50.9 Å². The molecule has 1 aromatic heterocycles. The fourth-order valence-corrected chi connectivity index (χ4v) is 3.33. The summed E-state index contributed by atoms with van der Waals surface area (Å²) in [6.45, 7) is 2.53. The average Bonchev–Trinajstić information content (AvgIpc) is 2.93. The maximum absolute atomic E-state index is 12.5. The molecular weight excluding hydrogens is 532 g/mol. The van der Waals surface area contributed by atoms with E-state index in [-0.39, 0.29) is 23.5 Å². The fraction of sp³-hybridized carbons (Fsp3) is 0.448. The number of amides is 2. The van der Waals surface area contributed by atoms with Crippen LogP contribution < -0.4 is 20.7 Å². The first-order chi connectivity index (χ1) is 19.6. The highest BCUT2D eigenvalue weighted by atomic mass is 19.3. The van der Waals surface area contributed by atoms with Gasteiger partial charge in [0.15, 0.2) is 0 Å². The molecule has 2 aromatic rings. The van der Waals surface area contributed by atoms with Gasteiger partial charge in [-0.3, -0.25) is 9.59 Å². The van der Waals surface area contributed by atoms with Crippen LogP contribution in [-0.4, -0.2) is 85.0 Å². The van der Waals surface area contributed by atoms with Gasteiger partial charge in [-0.15, -0.1) is 0 Å². The van der Waals surface area contributed by atoms with Crippen LogP contribution in [0.4, 0.5) is 26.2 Å². The number of ether oxygens (including phenoxy) is 1. The molecular formula is C29H39F2N7O3. The molecule has 1 aromatic carbocycles. The van der Waals surface area contributed by atoms with Gasteiger partial charge in [0.25, 0.3) is 0 Å². The fourth-order valence-electron chi connectivity index (χ4n) is 3.33. The second-order valence-electron chi connectivity index (χ2n) is 9.40. The highest BCUT2D eigenvalue weighted by Crippen LogP contribution is 2.22. The lowest BCUT2D eigenvalue weighted by Crippen LogP contribution is -2.45. The number of hydrogen-bond acceptors (Lipinski definition) is 8. The number of nitrogens with one attached hydrogen (secondary N) is 3. The van der Waals surface area contributed by atoms with Crippen molar-refractivity contribution in [2.75, 3.05) is 51.4 Å². The number of rotatable bonds is 15. The monoisotopic (exact) mass is 571 g/mol. The molecule has 41 heavy (non-hydrogen) atoms. The summed E-state index contributed by atoms with van der Waals surface area (Å²) < 4.78 is 29.5. The lowest BCUT2D eigenvalue weighted by Gasteiger charge is -2.23. The van der Waals surface area contributed by atoms with Crippen molar-refractivity contribution in [1.29, 1.82) is 0 Å². The first-order valence-electron chi connectivity index (χ1n) is 13.4. The van der Waals surface area contributed by atoms with Crippen LogP contribution in [0.5, 0.6) is 5.75 Å². The van der Waals surface area contributed by atoms with E-state index in [4.69, 9.17) is 0 Å². The van der Waals surface area contributed by atoms with Crippen molar-refractivity contribution in [2.45, 2.75) is 45.8 Å². The van der Waals surface area contributed by atoms with E-state index in [0.29, 0.717) is 49.5 Å². The SMILES string of the molecule is CCCNc1nc(Nc2cccc(OC(F)F)c2)ncc1C#CCCCNC(=O)[C@H](C)N(C)C(=O)/C=C/CN(C)C. The van der Waals surface area contributed by atoms with Crippen LogP contribution in [0.15, 0.2) is 42.6 Å². The van der Waals surface area contributed by atoms with Crippen molar-refractivity contribution in [3.8, 4) is 17.6 Å². The highest BCUT2D eigenvalue weighted by molar-refractivity contribution is 5.92. The molecule has 0 aliphatic rings. The zero-order chi connectivity index (χ0) is 30.2. The third kappa shape index (κ3) is 12.2. The van der Waals surface area contributed by atoms with Crippen LogP contribution in [0.25, 0.3) is 0 Å².